The van der Waals surface area contributed by atoms with Crippen molar-refractivity contribution in [2.75, 3.05) is 4.90 Å². The summed E-state index contributed by atoms with van der Waals surface area (Å²) in [6.45, 7) is 6.64. The number of amides is 1. The zero-order valence-electron chi connectivity index (χ0n) is 19.9. The first-order valence-electron chi connectivity index (χ1n) is 11.9. The van der Waals surface area contributed by atoms with Gasteiger partial charge in [-0.25, -0.2) is 4.98 Å². The van der Waals surface area contributed by atoms with Gasteiger partial charge in [0, 0.05) is 24.7 Å². The van der Waals surface area contributed by atoms with Gasteiger partial charge >= 0.3 is 0 Å². The second kappa shape index (κ2) is 8.90. The summed E-state index contributed by atoms with van der Waals surface area (Å²) in [7, 11) is 0. The molecule has 1 aliphatic heterocycles. The number of nitrogens with zero attached hydrogens (tertiary/aromatic N) is 3. The number of hydrogen-bond donors (Lipinski definition) is 0. The number of aromatic nitrogens is 2. The molecule has 172 valence electrons. The van der Waals surface area contributed by atoms with Gasteiger partial charge in [0.2, 0.25) is 5.91 Å². The number of fused-ring (bicyclic) bond motifs is 2. The molecule has 0 N–H and O–H groups in total. The second-order valence-corrected chi connectivity index (χ2v) is 9.36. The lowest BCUT2D eigenvalue weighted by atomic mass is 9.95. The van der Waals surface area contributed by atoms with Crippen LogP contribution in [-0.4, -0.2) is 21.5 Å². The molecule has 1 unspecified atom stereocenters. The summed E-state index contributed by atoms with van der Waals surface area (Å²) < 4.78 is 1.77. The molecule has 0 fully saturated rings. The lowest BCUT2D eigenvalue weighted by Crippen LogP contribution is -2.36. The molecule has 5 heteroatoms. The molecular formula is C29H29N3O2. The van der Waals surface area contributed by atoms with Crippen LogP contribution in [-0.2, 0) is 24.2 Å². The maximum absolute atomic E-state index is 13.6. The second-order valence-electron chi connectivity index (χ2n) is 9.36. The van der Waals surface area contributed by atoms with E-state index in [4.69, 9.17) is 4.98 Å². The minimum atomic E-state index is -0.353. The van der Waals surface area contributed by atoms with Gasteiger partial charge in [-0.15, -0.1) is 0 Å². The molecule has 0 saturated heterocycles. The molecule has 2 heterocycles. The van der Waals surface area contributed by atoms with Gasteiger partial charge < -0.3 is 4.90 Å². The topological polar surface area (TPSA) is 55.2 Å². The lowest BCUT2D eigenvalue weighted by molar-refractivity contribution is -0.119. The number of anilines is 1. The fourth-order valence-electron chi connectivity index (χ4n) is 4.99. The molecule has 1 atom stereocenters. The number of hydrogen-bond acceptors (Lipinski definition) is 3. The van der Waals surface area contributed by atoms with Gasteiger partial charge in [-0.3, -0.25) is 14.2 Å². The Labute approximate surface area is 199 Å². The van der Waals surface area contributed by atoms with Gasteiger partial charge in [0.25, 0.3) is 5.56 Å². The van der Waals surface area contributed by atoms with Crippen molar-refractivity contribution in [3.8, 4) is 0 Å². The normalized spacial score (nSPS) is 15.4. The summed E-state index contributed by atoms with van der Waals surface area (Å²) in [6, 6.07) is 23.9. The number of carbonyl (C=O) groups excluding carboxylic acids is 1. The summed E-state index contributed by atoms with van der Waals surface area (Å²) in [6.07, 6.45) is 1.12. The highest BCUT2D eigenvalue weighted by Crippen LogP contribution is 2.40. The molecular weight excluding hydrogens is 422 g/mol. The highest BCUT2D eigenvalue weighted by molar-refractivity contribution is 6.05. The smallest absolute Gasteiger partial charge is 0.261 e. The third-order valence-electron chi connectivity index (χ3n) is 6.66. The Morgan fingerprint density at radius 1 is 0.941 bits per heavy atom. The molecule has 0 spiro atoms. The van der Waals surface area contributed by atoms with Crippen molar-refractivity contribution in [2.24, 2.45) is 0 Å². The number of carbonyl (C=O) groups is 1. The standard InChI is InChI=1S/C29H29N3O2/c1-19(2)32-26-14-13-20(3)17-23(26)24(29(32)34)18-27-30-25-12-8-7-11-22(25)28(33)31(27)16-15-21-9-5-4-6-10-21/h4-14,17,19,24H,15-16,18H2,1-3H3. The molecule has 0 radical (unpaired) electrons. The first kappa shape index (κ1) is 22.1. The molecule has 5 nitrogen and oxygen atoms in total. The zero-order valence-corrected chi connectivity index (χ0v) is 19.9. The Balaban J connectivity index is 1.59. The Morgan fingerprint density at radius 3 is 2.44 bits per heavy atom. The fourth-order valence-corrected chi connectivity index (χ4v) is 4.99. The lowest BCUT2D eigenvalue weighted by Gasteiger charge is -2.22. The SMILES string of the molecule is Cc1ccc2c(c1)C(Cc1nc3ccccc3c(=O)n1CCc1ccccc1)C(=O)N2C(C)C. The first-order chi connectivity index (χ1) is 16.4. The fraction of sp³-hybridized carbons (Fsp3) is 0.276. The van der Waals surface area contributed by atoms with Crippen molar-refractivity contribution >= 4 is 22.5 Å². The minimum Gasteiger partial charge on any atom is -0.309 e. The molecule has 1 aliphatic rings. The summed E-state index contributed by atoms with van der Waals surface area (Å²) in [4.78, 5) is 33.9. The van der Waals surface area contributed by atoms with Crippen LogP contribution in [0, 0.1) is 6.92 Å². The highest BCUT2D eigenvalue weighted by Gasteiger charge is 2.39. The van der Waals surface area contributed by atoms with Crippen molar-refractivity contribution in [2.45, 2.75) is 52.1 Å². The third-order valence-corrected chi connectivity index (χ3v) is 6.66. The van der Waals surface area contributed by atoms with E-state index in [1.807, 2.05) is 80.3 Å². The molecule has 1 aromatic heterocycles. The van der Waals surface area contributed by atoms with Gasteiger partial charge in [0.1, 0.15) is 5.82 Å². The van der Waals surface area contributed by atoms with E-state index in [9.17, 15) is 9.59 Å². The monoisotopic (exact) mass is 451 g/mol. The summed E-state index contributed by atoms with van der Waals surface area (Å²) >= 11 is 0. The molecule has 0 aliphatic carbocycles. The van der Waals surface area contributed by atoms with Crippen LogP contribution in [0.4, 0.5) is 5.69 Å². The maximum Gasteiger partial charge on any atom is 0.261 e. The van der Waals surface area contributed by atoms with Crippen LogP contribution < -0.4 is 10.5 Å². The van der Waals surface area contributed by atoms with Gasteiger partial charge in [0.05, 0.1) is 16.8 Å². The maximum atomic E-state index is 13.6. The van der Waals surface area contributed by atoms with Crippen LogP contribution >= 0.6 is 0 Å². The molecule has 34 heavy (non-hydrogen) atoms. The quantitative estimate of drug-likeness (QED) is 0.413. The Kier molecular flexibility index (Phi) is 5.78. The Bertz CT molecular complexity index is 1420. The van der Waals surface area contributed by atoms with Crippen LogP contribution in [0.25, 0.3) is 10.9 Å². The van der Waals surface area contributed by atoms with E-state index in [0.29, 0.717) is 29.7 Å². The van der Waals surface area contributed by atoms with Crippen molar-refractivity contribution < 1.29 is 4.79 Å². The number of rotatable bonds is 6. The zero-order chi connectivity index (χ0) is 23.8. The van der Waals surface area contributed by atoms with Crippen molar-refractivity contribution in [1.29, 1.82) is 0 Å². The van der Waals surface area contributed by atoms with Crippen molar-refractivity contribution in [1.82, 2.24) is 9.55 Å². The van der Waals surface area contributed by atoms with Gasteiger partial charge in [-0.1, -0.05) is 60.2 Å². The molecule has 1 amide bonds. The van der Waals surface area contributed by atoms with Crippen LogP contribution in [0.15, 0.2) is 77.6 Å². The van der Waals surface area contributed by atoms with E-state index in [2.05, 4.69) is 18.2 Å². The molecule has 0 saturated carbocycles. The molecule has 0 bridgehead atoms. The predicted octanol–water partition coefficient (Wildman–Crippen LogP) is 5.03. The van der Waals surface area contributed by atoms with Crippen LogP contribution in [0.3, 0.4) is 0 Å². The van der Waals surface area contributed by atoms with E-state index in [1.54, 1.807) is 4.57 Å². The largest absolute Gasteiger partial charge is 0.309 e. The molecule has 4 aromatic rings. The Morgan fingerprint density at radius 2 is 1.68 bits per heavy atom. The van der Waals surface area contributed by atoms with E-state index in [0.717, 1.165) is 28.8 Å². The number of para-hydroxylation sites is 1. The van der Waals surface area contributed by atoms with Gasteiger partial charge in [-0.2, -0.15) is 0 Å². The highest BCUT2D eigenvalue weighted by atomic mass is 16.2. The van der Waals surface area contributed by atoms with E-state index >= 15 is 0 Å². The minimum absolute atomic E-state index is 0.0489. The summed E-state index contributed by atoms with van der Waals surface area (Å²) in [5.41, 5.74) is 4.90. The van der Waals surface area contributed by atoms with Crippen LogP contribution in [0.5, 0.6) is 0 Å². The summed E-state index contributed by atoms with van der Waals surface area (Å²) in [5.74, 6) is 0.386. The average Bonchev–Trinajstić information content (AvgIpc) is 3.10. The summed E-state index contributed by atoms with van der Waals surface area (Å²) in [5, 5.41) is 0.608. The number of benzene rings is 3. The van der Waals surface area contributed by atoms with Gasteiger partial charge in [0.15, 0.2) is 0 Å². The first-order valence-corrected chi connectivity index (χ1v) is 11.9. The van der Waals surface area contributed by atoms with Crippen molar-refractivity contribution in [3.05, 3.63) is 106 Å². The predicted molar refractivity (Wildman–Crippen MR) is 136 cm³/mol. The van der Waals surface area contributed by atoms with E-state index < -0.39 is 0 Å². The van der Waals surface area contributed by atoms with E-state index in [-0.39, 0.29) is 23.4 Å². The van der Waals surface area contributed by atoms with E-state index in [1.165, 1.54) is 0 Å². The van der Waals surface area contributed by atoms with Crippen LogP contribution in [0.2, 0.25) is 0 Å². The number of aryl methyl sites for hydroxylation is 2. The average molecular weight is 452 g/mol. The molecule has 5 rings (SSSR count). The van der Waals surface area contributed by atoms with Gasteiger partial charge in [-0.05, 0) is 56.5 Å². The molecule has 3 aromatic carbocycles. The Hall–Kier alpha value is -3.73. The van der Waals surface area contributed by atoms with Crippen molar-refractivity contribution in [3.63, 3.8) is 0 Å². The third kappa shape index (κ3) is 3.92. The van der Waals surface area contributed by atoms with Crippen LogP contribution in [0.1, 0.15) is 42.3 Å².